The second-order valence-corrected chi connectivity index (χ2v) is 5.24. The predicted molar refractivity (Wildman–Crippen MR) is 87.9 cm³/mol. The first-order valence-corrected chi connectivity index (χ1v) is 7.82. The first-order chi connectivity index (χ1) is 10.6. The van der Waals surface area contributed by atoms with Gasteiger partial charge in [0, 0.05) is 11.6 Å². The van der Waals surface area contributed by atoms with E-state index in [9.17, 15) is 9.59 Å². The van der Waals surface area contributed by atoms with E-state index in [0.29, 0.717) is 5.69 Å². The van der Waals surface area contributed by atoms with Crippen LogP contribution in [0.25, 0.3) is 0 Å². The van der Waals surface area contributed by atoms with E-state index in [1.54, 1.807) is 31.4 Å². The molecular formula is C17H26N2O3. The number of carbonyl (C=O) groups excluding carboxylic acids is 2. The first-order valence-electron chi connectivity index (χ1n) is 7.82. The monoisotopic (exact) mass is 306 g/mol. The Bertz CT molecular complexity index is 471. The number of rotatable bonds is 9. The van der Waals surface area contributed by atoms with Gasteiger partial charge in [-0.1, -0.05) is 26.7 Å². The molecule has 0 unspecified atom stereocenters. The van der Waals surface area contributed by atoms with E-state index < -0.39 is 0 Å². The quantitative estimate of drug-likeness (QED) is 0.737. The minimum absolute atomic E-state index is 0.00580. The minimum Gasteiger partial charge on any atom is -0.497 e. The van der Waals surface area contributed by atoms with Gasteiger partial charge in [-0.25, -0.2) is 0 Å². The van der Waals surface area contributed by atoms with E-state index in [2.05, 4.69) is 17.6 Å². The fraction of sp³-hybridized carbons (Fsp3) is 0.529. The van der Waals surface area contributed by atoms with Crippen molar-refractivity contribution in [2.75, 3.05) is 19.0 Å². The summed E-state index contributed by atoms with van der Waals surface area (Å²) < 4.78 is 5.05. The highest BCUT2D eigenvalue weighted by Gasteiger charge is 2.16. The highest BCUT2D eigenvalue weighted by atomic mass is 16.5. The third kappa shape index (κ3) is 6.16. The number of carbonyl (C=O) groups is 2. The van der Waals surface area contributed by atoms with Crippen LogP contribution in [0.4, 0.5) is 5.69 Å². The van der Waals surface area contributed by atoms with Crippen LogP contribution in [0.2, 0.25) is 0 Å². The van der Waals surface area contributed by atoms with Crippen molar-refractivity contribution in [2.45, 2.75) is 39.5 Å². The lowest BCUT2D eigenvalue weighted by Crippen LogP contribution is -2.36. The lowest BCUT2D eigenvalue weighted by molar-refractivity contribution is -0.127. The normalized spacial score (nSPS) is 11.6. The fourth-order valence-corrected chi connectivity index (χ4v) is 2.16. The van der Waals surface area contributed by atoms with Gasteiger partial charge in [-0.05, 0) is 37.1 Å². The summed E-state index contributed by atoms with van der Waals surface area (Å²) in [5.41, 5.74) is 0.679. The summed E-state index contributed by atoms with van der Waals surface area (Å²) in [4.78, 5) is 23.9. The Morgan fingerprint density at radius 3 is 2.41 bits per heavy atom. The van der Waals surface area contributed by atoms with Gasteiger partial charge in [-0.2, -0.15) is 0 Å². The SMILES string of the molecule is CCCC[C@H](CC)C(=O)NCC(=O)Nc1ccc(OC)cc1. The Kier molecular flexibility index (Phi) is 8.04. The Hall–Kier alpha value is -2.04. The van der Waals surface area contributed by atoms with Crippen molar-refractivity contribution in [3.05, 3.63) is 24.3 Å². The number of benzene rings is 1. The van der Waals surface area contributed by atoms with Crippen LogP contribution in [0.15, 0.2) is 24.3 Å². The maximum absolute atomic E-state index is 12.0. The van der Waals surface area contributed by atoms with Gasteiger partial charge >= 0.3 is 0 Å². The van der Waals surface area contributed by atoms with E-state index in [4.69, 9.17) is 4.74 Å². The molecule has 0 saturated heterocycles. The van der Waals surface area contributed by atoms with Crippen molar-refractivity contribution in [3.63, 3.8) is 0 Å². The van der Waals surface area contributed by atoms with Gasteiger partial charge in [-0.15, -0.1) is 0 Å². The Morgan fingerprint density at radius 2 is 1.86 bits per heavy atom. The zero-order valence-corrected chi connectivity index (χ0v) is 13.6. The summed E-state index contributed by atoms with van der Waals surface area (Å²) in [6.45, 7) is 4.09. The second-order valence-electron chi connectivity index (χ2n) is 5.24. The average Bonchev–Trinajstić information content (AvgIpc) is 2.54. The molecule has 1 aromatic rings. The topological polar surface area (TPSA) is 67.4 Å². The van der Waals surface area contributed by atoms with E-state index in [0.717, 1.165) is 31.4 Å². The van der Waals surface area contributed by atoms with Gasteiger partial charge in [0.2, 0.25) is 11.8 Å². The van der Waals surface area contributed by atoms with Crippen LogP contribution in [0.3, 0.4) is 0 Å². The molecule has 5 nitrogen and oxygen atoms in total. The smallest absolute Gasteiger partial charge is 0.243 e. The van der Waals surface area contributed by atoms with Crippen LogP contribution in [-0.4, -0.2) is 25.5 Å². The molecular weight excluding hydrogens is 280 g/mol. The molecule has 0 bridgehead atoms. The maximum atomic E-state index is 12.0. The molecule has 0 saturated carbocycles. The van der Waals surface area contributed by atoms with Crippen LogP contribution in [-0.2, 0) is 9.59 Å². The van der Waals surface area contributed by atoms with Gasteiger partial charge in [0.25, 0.3) is 0 Å². The summed E-state index contributed by atoms with van der Waals surface area (Å²) in [5, 5.41) is 5.45. The molecule has 1 aromatic carbocycles. The van der Waals surface area contributed by atoms with Gasteiger partial charge in [-0.3, -0.25) is 9.59 Å². The van der Waals surface area contributed by atoms with E-state index in [-0.39, 0.29) is 24.3 Å². The first kappa shape index (κ1) is 18.0. The lowest BCUT2D eigenvalue weighted by atomic mass is 9.98. The number of anilines is 1. The van der Waals surface area contributed by atoms with Crippen molar-refractivity contribution in [1.82, 2.24) is 5.32 Å². The second kappa shape index (κ2) is 9.82. The Morgan fingerprint density at radius 1 is 1.18 bits per heavy atom. The Balaban J connectivity index is 2.39. The summed E-state index contributed by atoms with van der Waals surface area (Å²) in [6, 6.07) is 7.06. The van der Waals surface area contributed by atoms with E-state index >= 15 is 0 Å². The zero-order valence-electron chi connectivity index (χ0n) is 13.6. The van der Waals surface area contributed by atoms with Crippen LogP contribution < -0.4 is 15.4 Å². The summed E-state index contributed by atoms with van der Waals surface area (Å²) in [7, 11) is 1.59. The molecule has 5 heteroatoms. The number of hydrogen-bond acceptors (Lipinski definition) is 3. The third-order valence-corrected chi connectivity index (χ3v) is 3.57. The van der Waals surface area contributed by atoms with Crippen molar-refractivity contribution in [3.8, 4) is 5.75 Å². The number of hydrogen-bond donors (Lipinski definition) is 2. The molecule has 122 valence electrons. The molecule has 2 amide bonds. The number of methoxy groups -OCH3 is 1. The van der Waals surface area contributed by atoms with E-state index in [1.807, 2.05) is 6.92 Å². The molecule has 0 spiro atoms. The fourth-order valence-electron chi connectivity index (χ4n) is 2.16. The minimum atomic E-state index is -0.233. The maximum Gasteiger partial charge on any atom is 0.243 e. The van der Waals surface area contributed by atoms with Crippen molar-refractivity contribution < 1.29 is 14.3 Å². The largest absolute Gasteiger partial charge is 0.497 e. The van der Waals surface area contributed by atoms with Crippen molar-refractivity contribution in [2.24, 2.45) is 5.92 Å². The molecule has 0 radical (unpaired) electrons. The molecule has 0 aliphatic carbocycles. The summed E-state index contributed by atoms with van der Waals surface area (Å²) >= 11 is 0. The molecule has 1 atom stereocenters. The number of nitrogens with one attached hydrogen (secondary N) is 2. The number of ether oxygens (including phenoxy) is 1. The van der Waals surface area contributed by atoms with E-state index in [1.165, 1.54) is 0 Å². The zero-order chi connectivity index (χ0) is 16.4. The van der Waals surface area contributed by atoms with Gasteiger partial charge in [0.05, 0.1) is 13.7 Å². The number of amides is 2. The molecule has 2 N–H and O–H groups in total. The van der Waals surface area contributed by atoms with Crippen LogP contribution >= 0.6 is 0 Å². The lowest BCUT2D eigenvalue weighted by Gasteiger charge is -2.14. The van der Waals surface area contributed by atoms with Gasteiger partial charge in [0.1, 0.15) is 5.75 Å². The highest BCUT2D eigenvalue weighted by molar-refractivity contribution is 5.94. The van der Waals surface area contributed by atoms with Crippen molar-refractivity contribution >= 4 is 17.5 Å². The molecule has 0 aliphatic rings. The molecule has 1 rings (SSSR count). The summed E-state index contributed by atoms with van der Waals surface area (Å²) in [6.07, 6.45) is 3.77. The van der Waals surface area contributed by atoms with Crippen LogP contribution in [0, 0.1) is 5.92 Å². The molecule has 0 aliphatic heterocycles. The van der Waals surface area contributed by atoms with Crippen LogP contribution in [0.5, 0.6) is 5.75 Å². The van der Waals surface area contributed by atoms with Crippen LogP contribution in [0.1, 0.15) is 39.5 Å². The standard InChI is InChI=1S/C17H26N2O3/c1-4-6-7-13(5-2)17(21)18-12-16(20)19-14-8-10-15(22-3)11-9-14/h8-11,13H,4-7,12H2,1-3H3,(H,18,21)(H,19,20)/t13-/m0/s1. The Labute approximate surface area is 132 Å². The average molecular weight is 306 g/mol. The molecule has 0 aromatic heterocycles. The van der Waals surface area contributed by atoms with Gasteiger partial charge < -0.3 is 15.4 Å². The van der Waals surface area contributed by atoms with Crippen molar-refractivity contribution in [1.29, 1.82) is 0 Å². The molecule has 0 heterocycles. The number of unbranched alkanes of at least 4 members (excludes halogenated alkanes) is 1. The molecule has 22 heavy (non-hydrogen) atoms. The summed E-state index contributed by atoms with van der Waals surface area (Å²) in [5.74, 6) is 0.450. The van der Waals surface area contributed by atoms with Gasteiger partial charge in [0.15, 0.2) is 0 Å². The predicted octanol–water partition coefficient (Wildman–Crippen LogP) is 2.97. The molecule has 0 fully saturated rings. The highest BCUT2D eigenvalue weighted by Crippen LogP contribution is 2.15. The third-order valence-electron chi connectivity index (χ3n) is 3.57.